The molecule has 1 amide bonds. The van der Waals surface area contributed by atoms with Crippen LogP contribution < -0.4 is 4.74 Å². The van der Waals surface area contributed by atoms with Crippen molar-refractivity contribution in [3.63, 3.8) is 0 Å². The number of carbonyl (C=O) groups is 2. The number of likely N-dealkylation sites (tertiary alicyclic amines) is 1. The number of carbonyl (C=O) groups excluding carboxylic acids is 2. The van der Waals surface area contributed by atoms with Crippen molar-refractivity contribution in [3.8, 4) is 5.75 Å². The van der Waals surface area contributed by atoms with Crippen molar-refractivity contribution >= 4 is 46.7 Å². The number of benzene rings is 2. The van der Waals surface area contributed by atoms with Gasteiger partial charge in [0.15, 0.2) is 0 Å². The number of nitrogens with zero attached hydrogens (tertiary/aromatic N) is 1. The van der Waals surface area contributed by atoms with Crippen LogP contribution in [0.3, 0.4) is 0 Å². The van der Waals surface area contributed by atoms with Crippen LogP contribution in [0.1, 0.15) is 23.2 Å². The van der Waals surface area contributed by atoms with E-state index in [1.165, 1.54) is 6.07 Å². The minimum Gasteiger partial charge on any atom is -0.425 e. The molecule has 26 heavy (non-hydrogen) atoms. The normalized spacial score (nSPS) is 15.0. The van der Waals surface area contributed by atoms with Crippen molar-refractivity contribution in [1.82, 2.24) is 4.90 Å². The summed E-state index contributed by atoms with van der Waals surface area (Å²) < 4.78 is 5.39. The first-order valence-corrected chi connectivity index (χ1v) is 9.29. The Labute approximate surface area is 166 Å². The summed E-state index contributed by atoms with van der Waals surface area (Å²) >= 11 is 17.7. The summed E-state index contributed by atoms with van der Waals surface area (Å²) in [6, 6.07) is 11.5. The van der Waals surface area contributed by atoms with E-state index in [0.717, 1.165) is 0 Å². The monoisotopic (exact) mass is 411 g/mol. The number of ether oxygens (including phenoxy) is 1. The molecule has 7 heteroatoms. The summed E-state index contributed by atoms with van der Waals surface area (Å²) in [7, 11) is 0. The maximum atomic E-state index is 12.5. The average molecular weight is 413 g/mol. The summed E-state index contributed by atoms with van der Waals surface area (Å²) in [6.45, 7) is 0.991. The smallest absolute Gasteiger partial charge is 0.314 e. The van der Waals surface area contributed by atoms with Gasteiger partial charge in [-0.15, -0.1) is 0 Å². The largest absolute Gasteiger partial charge is 0.425 e. The van der Waals surface area contributed by atoms with Crippen LogP contribution in [0.15, 0.2) is 42.5 Å². The van der Waals surface area contributed by atoms with Crippen molar-refractivity contribution in [3.05, 3.63) is 63.1 Å². The minimum absolute atomic E-state index is 0.0609. The number of amides is 1. The zero-order valence-electron chi connectivity index (χ0n) is 13.8. The zero-order valence-corrected chi connectivity index (χ0v) is 16.0. The fourth-order valence-electron chi connectivity index (χ4n) is 2.84. The van der Waals surface area contributed by atoms with Crippen LogP contribution >= 0.6 is 34.8 Å². The Balaban J connectivity index is 1.56. The lowest BCUT2D eigenvalue weighted by Gasteiger charge is -2.31. The van der Waals surface area contributed by atoms with Crippen LogP contribution in [0.25, 0.3) is 0 Å². The fourth-order valence-corrected chi connectivity index (χ4v) is 3.42. The predicted octanol–water partition coefficient (Wildman–Crippen LogP) is 5.10. The molecule has 0 aliphatic carbocycles. The van der Waals surface area contributed by atoms with Crippen molar-refractivity contribution in [2.45, 2.75) is 12.8 Å². The number of rotatable bonds is 3. The van der Waals surface area contributed by atoms with Gasteiger partial charge in [0.1, 0.15) is 5.75 Å². The van der Waals surface area contributed by atoms with Crippen LogP contribution in [0.5, 0.6) is 5.75 Å². The van der Waals surface area contributed by atoms with Gasteiger partial charge in [0.2, 0.25) is 0 Å². The maximum absolute atomic E-state index is 12.5. The van der Waals surface area contributed by atoms with Gasteiger partial charge in [-0.25, -0.2) is 0 Å². The maximum Gasteiger partial charge on any atom is 0.314 e. The van der Waals surface area contributed by atoms with E-state index in [9.17, 15) is 9.59 Å². The molecule has 0 bridgehead atoms. The van der Waals surface area contributed by atoms with Crippen molar-refractivity contribution in [2.24, 2.45) is 5.92 Å². The van der Waals surface area contributed by atoms with Gasteiger partial charge >= 0.3 is 5.97 Å². The Morgan fingerprint density at radius 2 is 1.54 bits per heavy atom. The third-order valence-electron chi connectivity index (χ3n) is 4.31. The number of piperidine rings is 1. The molecule has 1 fully saturated rings. The van der Waals surface area contributed by atoms with Crippen LogP contribution in [-0.4, -0.2) is 29.9 Å². The molecule has 0 radical (unpaired) electrons. The van der Waals surface area contributed by atoms with E-state index in [1.807, 2.05) is 0 Å². The second kappa shape index (κ2) is 8.30. The molecule has 0 saturated carbocycles. The molecule has 3 rings (SSSR count). The number of esters is 1. The zero-order chi connectivity index (χ0) is 18.7. The molecule has 0 aromatic heterocycles. The Bertz CT molecular complexity index is 815. The van der Waals surface area contributed by atoms with E-state index in [-0.39, 0.29) is 17.8 Å². The predicted molar refractivity (Wildman–Crippen MR) is 102 cm³/mol. The van der Waals surface area contributed by atoms with Crippen molar-refractivity contribution in [2.75, 3.05) is 13.1 Å². The molecule has 0 N–H and O–H groups in total. The number of halogens is 3. The summed E-state index contributed by atoms with van der Waals surface area (Å²) in [4.78, 5) is 26.6. The van der Waals surface area contributed by atoms with Crippen LogP contribution in [0.2, 0.25) is 15.1 Å². The van der Waals surface area contributed by atoms with Gasteiger partial charge in [-0.2, -0.15) is 0 Å². The van der Waals surface area contributed by atoms with Crippen LogP contribution in [-0.2, 0) is 4.79 Å². The van der Waals surface area contributed by atoms with E-state index in [0.29, 0.717) is 52.3 Å². The second-order valence-corrected chi connectivity index (χ2v) is 7.35. The molecule has 1 saturated heterocycles. The summed E-state index contributed by atoms with van der Waals surface area (Å²) in [5.74, 6) is -0.376. The third-order valence-corrected chi connectivity index (χ3v) is 5.09. The second-order valence-electron chi connectivity index (χ2n) is 6.07. The molecular weight excluding hydrogens is 397 g/mol. The standard InChI is InChI=1S/C19H16Cl3NO3/c20-14-3-1-12(2-4-14)18(24)23-9-7-13(8-10-23)19(25)26-17-6-5-15(21)11-16(17)22/h1-6,11,13H,7-10H2. The lowest BCUT2D eigenvalue weighted by Crippen LogP contribution is -2.41. The highest BCUT2D eigenvalue weighted by Gasteiger charge is 2.29. The van der Waals surface area contributed by atoms with Gasteiger partial charge in [0, 0.05) is 28.7 Å². The molecule has 4 nitrogen and oxygen atoms in total. The Kier molecular flexibility index (Phi) is 6.07. The first-order valence-electron chi connectivity index (χ1n) is 8.15. The third kappa shape index (κ3) is 4.50. The van der Waals surface area contributed by atoms with Gasteiger partial charge in [-0.05, 0) is 55.3 Å². The highest BCUT2D eigenvalue weighted by atomic mass is 35.5. The molecule has 1 heterocycles. The molecule has 0 atom stereocenters. The molecule has 0 unspecified atom stereocenters. The molecule has 136 valence electrons. The van der Waals surface area contributed by atoms with Gasteiger partial charge in [0.25, 0.3) is 5.91 Å². The van der Waals surface area contributed by atoms with Gasteiger partial charge in [0.05, 0.1) is 10.9 Å². The molecular formula is C19H16Cl3NO3. The molecule has 1 aliphatic rings. The topological polar surface area (TPSA) is 46.6 Å². The fraction of sp³-hybridized carbons (Fsp3) is 0.263. The van der Waals surface area contributed by atoms with E-state index in [2.05, 4.69) is 0 Å². The quantitative estimate of drug-likeness (QED) is 0.520. The minimum atomic E-state index is -0.340. The van der Waals surface area contributed by atoms with E-state index >= 15 is 0 Å². The Morgan fingerprint density at radius 1 is 0.923 bits per heavy atom. The molecule has 2 aromatic carbocycles. The molecule has 2 aromatic rings. The van der Waals surface area contributed by atoms with Gasteiger partial charge in [-0.3, -0.25) is 9.59 Å². The van der Waals surface area contributed by atoms with Gasteiger partial charge in [-0.1, -0.05) is 34.8 Å². The summed E-state index contributed by atoms with van der Waals surface area (Å²) in [5, 5.41) is 1.36. The lowest BCUT2D eigenvalue weighted by molar-refractivity contribution is -0.140. The molecule has 0 spiro atoms. The number of hydrogen-bond donors (Lipinski definition) is 0. The van der Waals surface area contributed by atoms with Crippen LogP contribution in [0.4, 0.5) is 0 Å². The lowest BCUT2D eigenvalue weighted by atomic mass is 9.96. The summed E-state index contributed by atoms with van der Waals surface area (Å²) in [5.41, 5.74) is 0.586. The van der Waals surface area contributed by atoms with E-state index in [4.69, 9.17) is 39.5 Å². The number of hydrogen-bond acceptors (Lipinski definition) is 3. The first-order chi connectivity index (χ1) is 12.4. The van der Waals surface area contributed by atoms with Crippen LogP contribution in [0, 0.1) is 5.92 Å². The van der Waals surface area contributed by atoms with Gasteiger partial charge < -0.3 is 9.64 Å². The average Bonchev–Trinajstić information content (AvgIpc) is 2.64. The van der Waals surface area contributed by atoms with E-state index in [1.54, 1.807) is 41.3 Å². The van der Waals surface area contributed by atoms with E-state index < -0.39 is 0 Å². The Morgan fingerprint density at radius 3 is 2.15 bits per heavy atom. The Hall–Kier alpha value is -1.75. The first kappa shape index (κ1) is 19.0. The molecule has 1 aliphatic heterocycles. The van der Waals surface area contributed by atoms with Crippen molar-refractivity contribution < 1.29 is 14.3 Å². The SMILES string of the molecule is O=C(Oc1ccc(Cl)cc1Cl)C1CCN(C(=O)c2ccc(Cl)cc2)CC1. The summed E-state index contributed by atoms with van der Waals surface area (Å²) in [6.07, 6.45) is 1.09. The highest BCUT2D eigenvalue weighted by Crippen LogP contribution is 2.29. The van der Waals surface area contributed by atoms with Crippen molar-refractivity contribution in [1.29, 1.82) is 0 Å². The highest BCUT2D eigenvalue weighted by molar-refractivity contribution is 6.35.